The number of thioether (sulfide) groups is 1. The maximum Gasteiger partial charge on any atom is 0.323 e. The Labute approximate surface area is 109 Å². The summed E-state index contributed by atoms with van der Waals surface area (Å²) in [7, 11) is 3.72. The summed E-state index contributed by atoms with van der Waals surface area (Å²) in [5.74, 6) is -1.74. The van der Waals surface area contributed by atoms with E-state index in [2.05, 4.69) is 9.47 Å². The molecule has 1 aliphatic rings. The van der Waals surface area contributed by atoms with Crippen LogP contribution < -0.4 is 0 Å². The van der Waals surface area contributed by atoms with Crippen molar-refractivity contribution < 1.29 is 28.6 Å². The number of ether oxygens (including phenoxy) is 3. The molecule has 0 N–H and O–H groups in total. The summed E-state index contributed by atoms with van der Waals surface area (Å²) in [6, 6.07) is 0. The number of hydrogen-bond donors (Lipinski definition) is 0. The van der Waals surface area contributed by atoms with Crippen molar-refractivity contribution in [3.8, 4) is 0 Å². The monoisotopic (exact) mass is 276 g/mol. The second-order valence-electron chi connectivity index (χ2n) is 3.85. The number of methoxy groups -OCH3 is 3. The summed E-state index contributed by atoms with van der Waals surface area (Å²) in [5.41, 5.74) is 0. The molecule has 0 aromatic carbocycles. The number of esters is 3. The van der Waals surface area contributed by atoms with Gasteiger partial charge in [-0.05, 0) is 12.2 Å². The molecule has 6 nitrogen and oxygen atoms in total. The van der Waals surface area contributed by atoms with E-state index in [4.69, 9.17) is 4.74 Å². The number of hydrogen-bond acceptors (Lipinski definition) is 7. The smallest absolute Gasteiger partial charge is 0.323 e. The van der Waals surface area contributed by atoms with Gasteiger partial charge in [0.05, 0.1) is 33.7 Å². The van der Waals surface area contributed by atoms with E-state index in [1.54, 1.807) is 0 Å². The minimum absolute atomic E-state index is 0.194. The normalized spacial score (nSPS) is 26.5. The zero-order valence-corrected chi connectivity index (χ0v) is 11.4. The van der Waals surface area contributed by atoms with Gasteiger partial charge in [0.25, 0.3) is 0 Å². The van der Waals surface area contributed by atoms with Crippen molar-refractivity contribution in [1.82, 2.24) is 0 Å². The number of carbonyl (C=O) groups excluding carboxylic acids is 3. The highest BCUT2D eigenvalue weighted by Gasteiger charge is 2.56. The molecule has 0 spiro atoms. The molecule has 2 atom stereocenters. The fourth-order valence-corrected chi connectivity index (χ4v) is 3.60. The fourth-order valence-electron chi connectivity index (χ4n) is 2.05. The van der Waals surface area contributed by atoms with Gasteiger partial charge in [0, 0.05) is 0 Å². The highest BCUT2D eigenvalue weighted by molar-refractivity contribution is 8.01. The molecule has 0 unspecified atom stereocenters. The van der Waals surface area contributed by atoms with E-state index in [-0.39, 0.29) is 6.42 Å². The van der Waals surface area contributed by atoms with Crippen LogP contribution in [0.3, 0.4) is 0 Å². The summed E-state index contributed by atoms with van der Waals surface area (Å²) in [6.07, 6.45) is 0.282. The molecule has 1 fully saturated rings. The second kappa shape index (κ2) is 6.08. The Morgan fingerprint density at radius 2 is 1.83 bits per heavy atom. The molecule has 0 aromatic heterocycles. The molecule has 7 heteroatoms. The van der Waals surface area contributed by atoms with Crippen LogP contribution in [-0.2, 0) is 28.6 Å². The Kier molecular flexibility index (Phi) is 5.01. The van der Waals surface area contributed by atoms with Crippen LogP contribution in [0, 0.1) is 5.92 Å². The van der Waals surface area contributed by atoms with E-state index in [1.165, 1.54) is 33.1 Å². The average molecular weight is 276 g/mol. The third-order valence-corrected chi connectivity index (χ3v) is 4.53. The van der Waals surface area contributed by atoms with Crippen molar-refractivity contribution in [1.29, 1.82) is 0 Å². The van der Waals surface area contributed by atoms with Crippen molar-refractivity contribution in [3.63, 3.8) is 0 Å². The van der Waals surface area contributed by atoms with Gasteiger partial charge < -0.3 is 14.2 Å². The van der Waals surface area contributed by atoms with Gasteiger partial charge >= 0.3 is 17.9 Å². The first-order valence-electron chi connectivity index (χ1n) is 5.38. The topological polar surface area (TPSA) is 78.9 Å². The molecule has 18 heavy (non-hydrogen) atoms. The van der Waals surface area contributed by atoms with Gasteiger partial charge in [-0.3, -0.25) is 14.4 Å². The SMILES string of the molecule is COC(=O)C[C@@]1(C(=O)OC)SCC[C@H]1C(=O)OC. The van der Waals surface area contributed by atoms with Gasteiger partial charge in [-0.25, -0.2) is 0 Å². The maximum absolute atomic E-state index is 12.0. The van der Waals surface area contributed by atoms with Crippen molar-refractivity contribution >= 4 is 29.7 Å². The van der Waals surface area contributed by atoms with Gasteiger partial charge in [-0.1, -0.05) is 0 Å². The first kappa shape index (κ1) is 14.8. The van der Waals surface area contributed by atoms with E-state index in [1.807, 2.05) is 0 Å². The van der Waals surface area contributed by atoms with Crippen LogP contribution >= 0.6 is 11.8 Å². The number of carbonyl (C=O) groups is 3. The van der Waals surface area contributed by atoms with Gasteiger partial charge in [0.1, 0.15) is 4.75 Å². The summed E-state index contributed by atoms with van der Waals surface area (Å²) in [6.45, 7) is 0. The molecule has 1 heterocycles. The molecule has 1 aliphatic heterocycles. The van der Waals surface area contributed by atoms with Gasteiger partial charge in [0.2, 0.25) is 0 Å². The van der Waals surface area contributed by atoms with Crippen LogP contribution in [-0.4, -0.2) is 49.7 Å². The standard InChI is InChI=1S/C11H16O6S/c1-15-8(12)6-11(10(14)17-3)7(4-5-18-11)9(13)16-2/h7H,4-6H2,1-3H3/t7-,11+/m0/s1. The lowest BCUT2D eigenvalue weighted by molar-refractivity contribution is -0.158. The second-order valence-corrected chi connectivity index (χ2v) is 5.27. The predicted octanol–water partition coefficient (Wildman–Crippen LogP) is 0.387. The van der Waals surface area contributed by atoms with Gasteiger partial charge in [-0.2, -0.15) is 0 Å². The van der Waals surface area contributed by atoms with E-state index in [0.29, 0.717) is 12.2 Å². The Morgan fingerprint density at radius 1 is 1.17 bits per heavy atom. The highest BCUT2D eigenvalue weighted by Crippen LogP contribution is 2.47. The summed E-state index contributed by atoms with van der Waals surface area (Å²) < 4.78 is 12.8. The van der Waals surface area contributed by atoms with Crippen LogP contribution in [0.4, 0.5) is 0 Å². The molecule has 0 bridgehead atoms. The van der Waals surface area contributed by atoms with E-state index < -0.39 is 28.6 Å². The molecule has 1 rings (SSSR count). The molecular weight excluding hydrogens is 260 g/mol. The van der Waals surface area contributed by atoms with Gasteiger partial charge in [0.15, 0.2) is 0 Å². The van der Waals surface area contributed by atoms with E-state index >= 15 is 0 Å². The highest BCUT2D eigenvalue weighted by atomic mass is 32.2. The zero-order chi connectivity index (χ0) is 13.8. The van der Waals surface area contributed by atoms with Crippen LogP contribution in [0.5, 0.6) is 0 Å². The molecule has 0 saturated carbocycles. The predicted molar refractivity (Wildman–Crippen MR) is 64.0 cm³/mol. The Morgan fingerprint density at radius 3 is 2.33 bits per heavy atom. The van der Waals surface area contributed by atoms with Crippen LogP contribution in [0.15, 0.2) is 0 Å². The largest absolute Gasteiger partial charge is 0.469 e. The van der Waals surface area contributed by atoms with E-state index in [9.17, 15) is 14.4 Å². The lowest BCUT2D eigenvalue weighted by Gasteiger charge is -2.28. The van der Waals surface area contributed by atoms with Crippen LogP contribution in [0.2, 0.25) is 0 Å². The number of rotatable bonds is 4. The quantitative estimate of drug-likeness (QED) is 0.542. The minimum Gasteiger partial charge on any atom is -0.469 e. The third-order valence-electron chi connectivity index (χ3n) is 2.98. The molecule has 1 saturated heterocycles. The van der Waals surface area contributed by atoms with Crippen molar-refractivity contribution in [2.75, 3.05) is 27.1 Å². The summed E-state index contributed by atoms with van der Waals surface area (Å²) in [5, 5.41) is 0. The molecule has 102 valence electrons. The van der Waals surface area contributed by atoms with Crippen molar-refractivity contribution in [3.05, 3.63) is 0 Å². The fraction of sp³-hybridized carbons (Fsp3) is 0.727. The Balaban J connectivity index is 3.06. The van der Waals surface area contributed by atoms with Crippen LogP contribution in [0.1, 0.15) is 12.8 Å². The summed E-state index contributed by atoms with van der Waals surface area (Å²) >= 11 is 1.24. The Bertz CT molecular complexity index is 355. The average Bonchev–Trinajstić information content (AvgIpc) is 2.81. The van der Waals surface area contributed by atoms with Crippen LogP contribution in [0.25, 0.3) is 0 Å². The molecule has 0 aromatic rings. The zero-order valence-electron chi connectivity index (χ0n) is 10.6. The van der Waals surface area contributed by atoms with Crippen molar-refractivity contribution in [2.45, 2.75) is 17.6 Å². The van der Waals surface area contributed by atoms with Gasteiger partial charge in [-0.15, -0.1) is 11.8 Å². The van der Waals surface area contributed by atoms with Crippen molar-refractivity contribution in [2.24, 2.45) is 5.92 Å². The lowest BCUT2D eigenvalue weighted by atomic mass is 9.86. The first-order chi connectivity index (χ1) is 8.51. The molecule has 0 radical (unpaired) electrons. The minimum atomic E-state index is -1.23. The molecule has 0 aliphatic carbocycles. The van der Waals surface area contributed by atoms with E-state index in [0.717, 1.165) is 0 Å². The molecule has 0 amide bonds. The Hall–Kier alpha value is -1.24. The lowest BCUT2D eigenvalue weighted by Crippen LogP contribution is -2.46. The maximum atomic E-state index is 12.0. The third kappa shape index (κ3) is 2.60. The molecular formula is C11H16O6S. The first-order valence-corrected chi connectivity index (χ1v) is 6.37. The summed E-state index contributed by atoms with van der Waals surface area (Å²) in [4.78, 5) is 35.1.